The lowest BCUT2D eigenvalue weighted by Gasteiger charge is -2.14. The van der Waals surface area contributed by atoms with Crippen molar-refractivity contribution in [3.63, 3.8) is 0 Å². The Kier molecular flexibility index (Phi) is 5.28. The highest BCUT2D eigenvalue weighted by molar-refractivity contribution is 7.15. The van der Waals surface area contributed by atoms with Crippen molar-refractivity contribution in [2.24, 2.45) is 0 Å². The van der Waals surface area contributed by atoms with Gasteiger partial charge < -0.3 is 4.74 Å². The first-order valence-corrected chi connectivity index (χ1v) is 10.1. The van der Waals surface area contributed by atoms with Crippen LogP contribution in [0.5, 0.6) is 5.75 Å². The minimum absolute atomic E-state index is 0.187. The number of benzene rings is 2. The third kappa shape index (κ3) is 3.55. The number of anilines is 2. The van der Waals surface area contributed by atoms with Crippen LogP contribution in [0, 0.1) is 0 Å². The standard InChI is InChI=1S/C21H18N4O4S/c1-3-4-17-23-24-21(30-17)22-18(26)12-5-10-15-16(11-12)20(28)25(19(15)27)13-6-8-14(29-2)9-7-13/h5-11H,3-4H2,1-2H3,(H,22,24,26). The lowest BCUT2D eigenvalue weighted by molar-refractivity contribution is 0.0925. The van der Waals surface area contributed by atoms with Crippen LogP contribution in [0.2, 0.25) is 0 Å². The van der Waals surface area contributed by atoms with Crippen molar-refractivity contribution in [1.82, 2.24) is 10.2 Å². The minimum Gasteiger partial charge on any atom is -0.497 e. The van der Waals surface area contributed by atoms with Gasteiger partial charge in [0.2, 0.25) is 5.13 Å². The largest absolute Gasteiger partial charge is 0.497 e. The molecule has 30 heavy (non-hydrogen) atoms. The molecule has 0 radical (unpaired) electrons. The summed E-state index contributed by atoms with van der Waals surface area (Å²) in [6.07, 6.45) is 1.73. The van der Waals surface area contributed by atoms with Gasteiger partial charge in [-0.3, -0.25) is 19.7 Å². The summed E-state index contributed by atoms with van der Waals surface area (Å²) in [5, 5.41) is 11.9. The number of aromatic nitrogens is 2. The molecule has 9 heteroatoms. The summed E-state index contributed by atoms with van der Waals surface area (Å²) in [6, 6.07) is 11.1. The van der Waals surface area contributed by atoms with Gasteiger partial charge >= 0.3 is 0 Å². The summed E-state index contributed by atoms with van der Waals surface area (Å²) in [6.45, 7) is 2.04. The molecule has 1 aromatic heterocycles. The fourth-order valence-corrected chi connectivity index (χ4v) is 3.97. The van der Waals surface area contributed by atoms with Crippen molar-refractivity contribution >= 4 is 39.9 Å². The Balaban J connectivity index is 1.57. The van der Waals surface area contributed by atoms with E-state index in [0.717, 1.165) is 22.7 Å². The number of hydrogen-bond acceptors (Lipinski definition) is 7. The molecule has 1 aliphatic rings. The molecular weight excluding hydrogens is 404 g/mol. The number of carbonyl (C=O) groups is 3. The van der Waals surface area contributed by atoms with Gasteiger partial charge in [0.1, 0.15) is 10.8 Å². The quantitative estimate of drug-likeness (QED) is 0.610. The molecule has 3 aromatic rings. The summed E-state index contributed by atoms with van der Waals surface area (Å²) < 4.78 is 5.11. The van der Waals surface area contributed by atoms with Crippen molar-refractivity contribution in [1.29, 1.82) is 0 Å². The zero-order chi connectivity index (χ0) is 21.3. The van der Waals surface area contributed by atoms with Crippen molar-refractivity contribution in [2.45, 2.75) is 19.8 Å². The van der Waals surface area contributed by atoms with Gasteiger partial charge in [0, 0.05) is 12.0 Å². The molecule has 0 atom stereocenters. The smallest absolute Gasteiger partial charge is 0.266 e. The second-order valence-corrected chi connectivity index (χ2v) is 7.67. The average Bonchev–Trinajstić information content (AvgIpc) is 3.30. The van der Waals surface area contributed by atoms with Crippen molar-refractivity contribution in [2.75, 3.05) is 17.3 Å². The van der Waals surface area contributed by atoms with Crippen molar-refractivity contribution in [3.05, 3.63) is 64.2 Å². The van der Waals surface area contributed by atoms with Gasteiger partial charge in [0.05, 0.1) is 23.9 Å². The van der Waals surface area contributed by atoms with Crippen LogP contribution in [0.4, 0.5) is 10.8 Å². The highest BCUT2D eigenvalue weighted by atomic mass is 32.1. The number of amides is 3. The van der Waals surface area contributed by atoms with E-state index in [0.29, 0.717) is 16.6 Å². The van der Waals surface area contributed by atoms with Gasteiger partial charge in [-0.25, -0.2) is 4.90 Å². The van der Waals surface area contributed by atoms with E-state index in [-0.39, 0.29) is 16.7 Å². The van der Waals surface area contributed by atoms with E-state index >= 15 is 0 Å². The van der Waals surface area contributed by atoms with Gasteiger partial charge in [0.25, 0.3) is 17.7 Å². The molecule has 2 aromatic carbocycles. The van der Waals surface area contributed by atoms with Gasteiger partial charge in [-0.15, -0.1) is 10.2 Å². The van der Waals surface area contributed by atoms with Crippen LogP contribution in [0.25, 0.3) is 0 Å². The number of methoxy groups -OCH3 is 1. The van der Waals surface area contributed by atoms with E-state index in [4.69, 9.17) is 4.74 Å². The molecule has 1 aliphatic heterocycles. The number of carbonyl (C=O) groups excluding carboxylic acids is 3. The highest BCUT2D eigenvalue weighted by Gasteiger charge is 2.37. The molecule has 0 saturated heterocycles. The van der Waals surface area contributed by atoms with Crippen LogP contribution in [0.15, 0.2) is 42.5 Å². The lowest BCUT2D eigenvalue weighted by Crippen LogP contribution is -2.29. The first kappa shape index (κ1) is 19.7. The second-order valence-electron chi connectivity index (χ2n) is 6.61. The number of nitrogens with one attached hydrogen (secondary N) is 1. The molecule has 2 heterocycles. The van der Waals surface area contributed by atoms with E-state index in [2.05, 4.69) is 15.5 Å². The number of hydrogen-bond donors (Lipinski definition) is 1. The van der Waals surface area contributed by atoms with Crippen LogP contribution in [0.1, 0.15) is 49.4 Å². The van der Waals surface area contributed by atoms with Crippen LogP contribution in [0.3, 0.4) is 0 Å². The number of imide groups is 1. The molecule has 0 bridgehead atoms. The zero-order valence-electron chi connectivity index (χ0n) is 16.3. The summed E-state index contributed by atoms with van der Waals surface area (Å²) in [5.74, 6) is -0.704. The van der Waals surface area contributed by atoms with Crippen LogP contribution in [-0.4, -0.2) is 35.0 Å². The second kappa shape index (κ2) is 8.03. The first-order chi connectivity index (χ1) is 14.5. The Hall–Kier alpha value is -3.59. The maximum atomic E-state index is 12.9. The number of nitrogens with zero attached hydrogens (tertiary/aromatic N) is 3. The molecule has 0 spiro atoms. The Bertz CT molecular complexity index is 1140. The monoisotopic (exact) mass is 422 g/mol. The van der Waals surface area contributed by atoms with E-state index in [9.17, 15) is 14.4 Å². The third-order valence-corrected chi connectivity index (χ3v) is 5.53. The van der Waals surface area contributed by atoms with Crippen molar-refractivity contribution in [3.8, 4) is 5.75 Å². The Labute approximate surface area is 176 Å². The van der Waals surface area contributed by atoms with E-state index in [1.165, 1.54) is 36.6 Å². The predicted molar refractivity (Wildman–Crippen MR) is 112 cm³/mol. The van der Waals surface area contributed by atoms with E-state index in [1.54, 1.807) is 24.3 Å². The molecule has 3 amide bonds. The van der Waals surface area contributed by atoms with E-state index < -0.39 is 17.7 Å². The van der Waals surface area contributed by atoms with Crippen molar-refractivity contribution < 1.29 is 19.1 Å². The van der Waals surface area contributed by atoms with Crippen LogP contribution >= 0.6 is 11.3 Å². The van der Waals surface area contributed by atoms with Crippen LogP contribution < -0.4 is 15.0 Å². The fourth-order valence-electron chi connectivity index (χ4n) is 3.14. The Morgan fingerprint density at radius 1 is 1.07 bits per heavy atom. The summed E-state index contributed by atoms with van der Waals surface area (Å²) >= 11 is 1.31. The number of ether oxygens (including phenoxy) is 1. The molecule has 0 saturated carbocycles. The number of rotatable bonds is 6. The Morgan fingerprint density at radius 2 is 1.80 bits per heavy atom. The molecule has 8 nitrogen and oxygen atoms in total. The maximum absolute atomic E-state index is 12.9. The van der Waals surface area contributed by atoms with Gasteiger partial charge in [0.15, 0.2) is 0 Å². The van der Waals surface area contributed by atoms with Crippen LogP contribution in [-0.2, 0) is 6.42 Å². The predicted octanol–water partition coefficient (Wildman–Crippen LogP) is 3.55. The van der Waals surface area contributed by atoms with Gasteiger partial charge in [-0.05, 0) is 48.9 Å². The molecular formula is C21H18N4O4S. The third-order valence-electron chi connectivity index (χ3n) is 4.63. The molecule has 152 valence electrons. The van der Waals surface area contributed by atoms with Gasteiger partial charge in [-0.2, -0.15) is 0 Å². The summed E-state index contributed by atoms with van der Waals surface area (Å²) in [7, 11) is 1.54. The zero-order valence-corrected chi connectivity index (χ0v) is 17.2. The maximum Gasteiger partial charge on any atom is 0.266 e. The molecule has 1 N–H and O–H groups in total. The fraction of sp³-hybridized carbons (Fsp3) is 0.190. The first-order valence-electron chi connectivity index (χ1n) is 9.32. The van der Waals surface area contributed by atoms with E-state index in [1.807, 2.05) is 6.92 Å². The molecule has 0 fully saturated rings. The topological polar surface area (TPSA) is 101 Å². The molecule has 0 aliphatic carbocycles. The molecule has 4 rings (SSSR count). The Morgan fingerprint density at radius 3 is 2.50 bits per heavy atom. The lowest BCUT2D eigenvalue weighted by atomic mass is 10.1. The minimum atomic E-state index is -0.476. The number of aryl methyl sites for hydroxylation is 1. The number of fused-ring (bicyclic) bond motifs is 1. The van der Waals surface area contributed by atoms with Gasteiger partial charge in [-0.1, -0.05) is 18.3 Å². The molecule has 0 unspecified atom stereocenters. The summed E-state index contributed by atoms with van der Waals surface area (Å²) in [4.78, 5) is 39.3. The normalized spacial score (nSPS) is 12.8. The SMILES string of the molecule is CCCc1nnc(NC(=O)c2ccc3c(c2)C(=O)N(c2ccc(OC)cc2)C3=O)s1. The highest BCUT2D eigenvalue weighted by Crippen LogP contribution is 2.30. The average molecular weight is 422 g/mol. The summed E-state index contributed by atoms with van der Waals surface area (Å²) in [5.41, 5.74) is 1.14.